The zero-order chi connectivity index (χ0) is 16.7. The number of aliphatic imine (C=N–C) groups is 1. The molecule has 0 bridgehead atoms. The molecule has 2 aromatic rings. The van der Waals surface area contributed by atoms with Crippen LogP contribution in [0.2, 0.25) is 0 Å². The highest BCUT2D eigenvalue weighted by molar-refractivity contribution is 14.0. The topological polar surface area (TPSA) is 62.5 Å². The van der Waals surface area contributed by atoms with Crippen molar-refractivity contribution >= 4 is 29.9 Å². The van der Waals surface area contributed by atoms with Crippen molar-refractivity contribution in [3.63, 3.8) is 0 Å². The van der Waals surface area contributed by atoms with Crippen LogP contribution in [0.5, 0.6) is 0 Å². The highest BCUT2D eigenvalue weighted by Crippen LogP contribution is 2.11. The van der Waals surface area contributed by atoms with Crippen LogP contribution in [0.1, 0.15) is 22.6 Å². The van der Waals surface area contributed by atoms with E-state index >= 15 is 0 Å². The molecule has 1 heterocycles. The fourth-order valence-electron chi connectivity index (χ4n) is 2.36. The highest BCUT2D eigenvalue weighted by atomic mass is 127. The van der Waals surface area contributed by atoms with Gasteiger partial charge in [0.05, 0.1) is 5.69 Å². The average molecular weight is 446 g/mol. The van der Waals surface area contributed by atoms with E-state index in [1.807, 2.05) is 13.8 Å². The lowest BCUT2D eigenvalue weighted by atomic mass is 10.1. The Morgan fingerprint density at radius 1 is 1.12 bits per heavy atom. The standard InChI is InChI=1S/C17H23FN4O.HI/c1-12-16(13(2)23-22-12)9-11-21-17(19-3)20-10-8-14-4-6-15(18)7-5-14;/h4-7H,8-11H2,1-3H3,(H2,19,20,21);1H. The molecule has 0 spiro atoms. The Bertz CT molecular complexity index is 636. The van der Waals surface area contributed by atoms with Crippen molar-refractivity contribution in [1.29, 1.82) is 0 Å². The normalized spacial score (nSPS) is 11.1. The van der Waals surface area contributed by atoms with Gasteiger partial charge in [-0.2, -0.15) is 0 Å². The Balaban J connectivity index is 0.00000288. The van der Waals surface area contributed by atoms with E-state index < -0.39 is 0 Å². The first-order valence-corrected chi connectivity index (χ1v) is 7.71. The Morgan fingerprint density at radius 3 is 2.29 bits per heavy atom. The third-order valence-electron chi connectivity index (χ3n) is 3.69. The van der Waals surface area contributed by atoms with Gasteiger partial charge in [0, 0.05) is 25.7 Å². The molecule has 7 heteroatoms. The van der Waals surface area contributed by atoms with Crippen LogP contribution in [0.15, 0.2) is 33.8 Å². The summed E-state index contributed by atoms with van der Waals surface area (Å²) in [5.74, 6) is 1.40. The van der Waals surface area contributed by atoms with Gasteiger partial charge in [-0.3, -0.25) is 4.99 Å². The SMILES string of the molecule is CN=C(NCCc1ccc(F)cc1)NCCc1c(C)noc1C.I. The molecule has 0 saturated carbocycles. The molecule has 0 amide bonds. The number of hydrogen-bond acceptors (Lipinski definition) is 3. The first kappa shape index (κ1) is 20.4. The molecule has 0 aliphatic carbocycles. The summed E-state index contributed by atoms with van der Waals surface area (Å²) in [7, 11) is 1.74. The van der Waals surface area contributed by atoms with E-state index in [4.69, 9.17) is 4.52 Å². The molecule has 24 heavy (non-hydrogen) atoms. The molecular formula is C17H24FIN4O. The minimum atomic E-state index is -0.210. The zero-order valence-corrected chi connectivity index (χ0v) is 16.6. The van der Waals surface area contributed by atoms with Crippen LogP contribution < -0.4 is 10.6 Å². The van der Waals surface area contributed by atoms with E-state index in [9.17, 15) is 4.39 Å². The van der Waals surface area contributed by atoms with E-state index in [1.165, 1.54) is 12.1 Å². The van der Waals surface area contributed by atoms with Crippen LogP contribution >= 0.6 is 24.0 Å². The molecule has 0 aliphatic heterocycles. The third-order valence-corrected chi connectivity index (χ3v) is 3.69. The summed E-state index contributed by atoms with van der Waals surface area (Å²) in [5.41, 5.74) is 3.16. The number of aryl methyl sites for hydroxylation is 2. The van der Waals surface area contributed by atoms with Crippen molar-refractivity contribution in [3.05, 3.63) is 52.7 Å². The summed E-state index contributed by atoms with van der Waals surface area (Å²) < 4.78 is 18.0. The van der Waals surface area contributed by atoms with Gasteiger partial charge in [0.2, 0.25) is 0 Å². The molecule has 0 radical (unpaired) electrons. The molecule has 132 valence electrons. The number of halogens is 2. The second-order valence-electron chi connectivity index (χ2n) is 5.35. The quantitative estimate of drug-likeness (QED) is 0.407. The smallest absolute Gasteiger partial charge is 0.190 e. The second kappa shape index (κ2) is 10.3. The van der Waals surface area contributed by atoms with Crippen molar-refractivity contribution in [2.45, 2.75) is 26.7 Å². The van der Waals surface area contributed by atoms with Crippen molar-refractivity contribution in [3.8, 4) is 0 Å². The number of aromatic nitrogens is 1. The van der Waals surface area contributed by atoms with E-state index in [-0.39, 0.29) is 29.8 Å². The Labute approximate surface area is 159 Å². The molecule has 0 unspecified atom stereocenters. The van der Waals surface area contributed by atoms with Crippen molar-refractivity contribution in [2.24, 2.45) is 4.99 Å². The maximum absolute atomic E-state index is 12.8. The zero-order valence-electron chi connectivity index (χ0n) is 14.2. The minimum absolute atomic E-state index is 0. The van der Waals surface area contributed by atoms with Gasteiger partial charge in [-0.25, -0.2) is 4.39 Å². The predicted octanol–water partition coefficient (Wildman–Crippen LogP) is 3.00. The van der Waals surface area contributed by atoms with E-state index in [2.05, 4.69) is 20.8 Å². The molecule has 2 N–H and O–H groups in total. The van der Waals surface area contributed by atoms with E-state index in [0.717, 1.165) is 54.5 Å². The van der Waals surface area contributed by atoms with Gasteiger partial charge < -0.3 is 15.2 Å². The van der Waals surface area contributed by atoms with E-state index in [1.54, 1.807) is 19.2 Å². The van der Waals surface area contributed by atoms with Crippen LogP contribution in [-0.4, -0.2) is 31.3 Å². The van der Waals surface area contributed by atoms with Crippen LogP contribution in [-0.2, 0) is 12.8 Å². The van der Waals surface area contributed by atoms with Gasteiger partial charge >= 0.3 is 0 Å². The number of nitrogens with one attached hydrogen (secondary N) is 2. The number of nitrogens with zero attached hydrogens (tertiary/aromatic N) is 2. The largest absolute Gasteiger partial charge is 0.361 e. The van der Waals surface area contributed by atoms with Crippen molar-refractivity contribution in [1.82, 2.24) is 15.8 Å². The van der Waals surface area contributed by atoms with Gasteiger partial charge in [0.15, 0.2) is 5.96 Å². The average Bonchev–Trinajstić information content (AvgIpc) is 2.87. The van der Waals surface area contributed by atoms with Gasteiger partial charge in [-0.15, -0.1) is 24.0 Å². The van der Waals surface area contributed by atoms with Gasteiger partial charge in [0.1, 0.15) is 11.6 Å². The first-order valence-electron chi connectivity index (χ1n) is 7.71. The summed E-state index contributed by atoms with van der Waals surface area (Å²) in [6.07, 6.45) is 1.64. The molecule has 1 aromatic heterocycles. The molecule has 0 saturated heterocycles. The highest BCUT2D eigenvalue weighted by Gasteiger charge is 2.08. The molecule has 0 aliphatic rings. The number of rotatable bonds is 6. The number of guanidine groups is 1. The first-order chi connectivity index (χ1) is 11.1. The fraction of sp³-hybridized carbons (Fsp3) is 0.412. The Morgan fingerprint density at radius 2 is 1.75 bits per heavy atom. The summed E-state index contributed by atoms with van der Waals surface area (Å²) in [6.45, 7) is 5.35. The molecule has 0 fully saturated rings. The lowest BCUT2D eigenvalue weighted by molar-refractivity contribution is 0.392. The Kier molecular flexibility index (Phi) is 8.73. The Hall–Kier alpha value is -1.64. The molecule has 2 rings (SSSR count). The van der Waals surface area contributed by atoms with Crippen LogP contribution in [0, 0.1) is 19.7 Å². The molecule has 5 nitrogen and oxygen atoms in total. The second-order valence-corrected chi connectivity index (χ2v) is 5.35. The van der Waals surface area contributed by atoms with Gasteiger partial charge in [-0.05, 0) is 44.4 Å². The number of benzene rings is 1. The minimum Gasteiger partial charge on any atom is -0.361 e. The number of hydrogen-bond donors (Lipinski definition) is 2. The lowest BCUT2D eigenvalue weighted by Gasteiger charge is -2.11. The maximum atomic E-state index is 12.8. The summed E-state index contributed by atoms with van der Waals surface area (Å²) in [6, 6.07) is 6.55. The van der Waals surface area contributed by atoms with E-state index in [0.29, 0.717) is 0 Å². The molecular weight excluding hydrogens is 422 g/mol. The van der Waals surface area contributed by atoms with Crippen LogP contribution in [0.4, 0.5) is 4.39 Å². The predicted molar refractivity (Wildman–Crippen MR) is 105 cm³/mol. The monoisotopic (exact) mass is 446 g/mol. The molecule has 1 aromatic carbocycles. The van der Waals surface area contributed by atoms with Crippen LogP contribution in [0.3, 0.4) is 0 Å². The van der Waals surface area contributed by atoms with Crippen molar-refractivity contribution in [2.75, 3.05) is 20.1 Å². The molecule has 0 atom stereocenters. The third kappa shape index (κ3) is 6.10. The lowest BCUT2D eigenvalue weighted by Crippen LogP contribution is -2.39. The fourth-order valence-corrected chi connectivity index (χ4v) is 2.36. The summed E-state index contributed by atoms with van der Waals surface area (Å²) in [4.78, 5) is 4.19. The maximum Gasteiger partial charge on any atom is 0.190 e. The summed E-state index contributed by atoms with van der Waals surface area (Å²) >= 11 is 0. The van der Waals surface area contributed by atoms with Crippen molar-refractivity contribution < 1.29 is 8.91 Å². The van der Waals surface area contributed by atoms with Crippen LogP contribution in [0.25, 0.3) is 0 Å². The van der Waals surface area contributed by atoms with Gasteiger partial charge in [-0.1, -0.05) is 17.3 Å². The summed E-state index contributed by atoms with van der Waals surface area (Å²) in [5, 5.41) is 10.5. The van der Waals surface area contributed by atoms with Gasteiger partial charge in [0.25, 0.3) is 0 Å².